The van der Waals surface area contributed by atoms with Crippen LogP contribution >= 0.6 is 0 Å². The molecule has 0 spiro atoms. The molecule has 128 valence electrons. The van der Waals surface area contributed by atoms with Crippen molar-refractivity contribution in [2.45, 2.75) is 46.1 Å². The fourth-order valence-electron chi connectivity index (χ4n) is 2.12. The Morgan fingerprint density at radius 1 is 1.17 bits per heavy atom. The lowest BCUT2D eigenvalue weighted by Crippen LogP contribution is -2.45. The highest BCUT2D eigenvalue weighted by Crippen LogP contribution is 2.19. The Balaban J connectivity index is 2.72. The summed E-state index contributed by atoms with van der Waals surface area (Å²) in [6.45, 7) is 8.42. The first kappa shape index (κ1) is 19.2. The molecule has 0 radical (unpaired) electrons. The molecule has 2 amide bonds. The summed E-state index contributed by atoms with van der Waals surface area (Å²) < 4.78 is 0. The predicted molar refractivity (Wildman–Crippen MR) is 91.5 cm³/mol. The molecule has 5 heteroatoms. The highest BCUT2D eigenvalue weighted by atomic mass is 16.3. The summed E-state index contributed by atoms with van der Waals surface area (Å²) in [4.78, 5) is 24.2. The number of hydrogen-bond acceptors (Lipinski definition) is 3. The Morgan fingerprint density at radius 3 is 2.26 bits per heavy atom. The normalized spacial score (nSPS) is 14.7. The number of nitrogens with one attached hydrogen (secondary N) is 2. The van der Waals surface area contributed by atoms with Crippen LogP contribution in [0.15, 0.2) is 24.3 Å². The van der Waals surface area contributed by atoms with Crippen LogP contribution in [0.4, 0.5) is 0 Å². The van der Waals surface area contributed by atoms with Gasteiger partial charge in [0.2, 0.25) is 0 Å². The molecule has 0 aromatic heterocycles. The SMILES string of the molecule is CCCNC(=O)c1cccc(C(=O)NCC(C)(O)C(C)CC)c1. The largest absolute Gasteiger partial charge is 0.388 e. The van der Waals surface area contributed by atoms with Gasteiger partial charge in [-0.05, 0) is 37.5 Å². The van der Waals surface area contributed by atoms with Gasteiger partial charge in [-0.15, -0.1) is 0 Å². The van der Waals surface area contributed by atoms with Gasteiger partial charge in [0, 0.05) is 24.2 Å². The average molecular weight is 320 g/mol. The minimum absolute atomic E-state index is 0.0777. The smallest absolute Gasteiger partial charge is 0.251 e. The van der Waals surface area contributed by atoms with Gasteiger partial charge < -0.3 is 15.7 Å². The second kappa shape index (κ2) is 8.67. The van der Waals surface area contributed by atoms with Gasteiger partial charge in [-0.2, -0.15) is 0 Å². The van der Waals surface area contributed by atoms with Crippen LogP contribution in [0.5, 0.6) is 0 Å². The van der Waals surface area contributed by atoms with Crippen molar-refractivity contribution >= 4 is 11.8 Å². The summed E-state index contributed by atoms with van der Waals surface area (Å²) in [6.07, 6.45) is 1.69. The van der Waals surface area contributed by atoms with E-state index in [1.165, 1.54) is 0 Å². The van der Waals surface area contributed by atoms with Crippen molar-refractivity contribution in [3.05, 3.63) is 35.4 Å². The van der Waals surface area contributed by atoms with E-state index in [9.17, 15) is 14.7 Å². The van der Waals surface area contributed by atoms with Crippen LogP contribution in [-0.4, -0.2) is 35.6 Å². The Kier molecular flexibility index (Phi) is 7.23. The molecule has 0 heterocycles. The van der Waals surface area contributed by atoms with Gasteiger partial charge >= 0.3 is 0 Å². The maximum Gasteiger partial charge on any atom is 0.251 e. The van der Waals surface area contributed by atoms with Gasteiger partial charge in [-0.25, -0.2) is 0 Å². The summed E-state index contributed by atoms with van der Waals surface area (Å²) in [5, 5.41) is 15.9. The Bertz CT molecular complexity index is 541. The Labute approximate surface area is 138 Å². The van der Waals surface area contributed by atoms with Crippen LogP contribution in [0.2, 0.25) is 0 Å². The summed E-state index contributed by atoms with van der Waals surface area (Å²) >= 11 is 0. The standard InChI is InChI=1S/C18H28N2O3/c1-5-10-19-16(21)14-8-7-9-15(11-14)17(22)20-12-18(4,23)13(3)6-2/h7-9,11,13,23H,5-6,10,12H2,1-4H3,(H,19,21)(H,20,22). The number of benzene rings is 1. The number of aliphatic hydroxyl groups is 1. The highest BCUT2D eigenvalue weighted by Gasteiger charge is 2.27. The fraction of sp³-hybridized carbons (Fsp3) is 0.556. The number of amides is 2. The number of carbonyl (C=O) groups excluding carboxylic acids is 2. The van der Waals surface area contributed by atoms with Gasteiger partial charge in [-0.1, -0.05) is 33.3 Å². The van der Waals surface area contributed by atoms with Crippen molar-refractivity contribution in [2.75, 3.05) is 13.1 Å². The summed E-state index contributed by atoms with van der Waals surface area (Å²) in [7, 11) is 0. The van der Waals surface area contributed by atoms with Crippen molar-refractivity contribution in [1.29, 1.82) is 0 Å². The summed E-state index contributed by atoms with van der Waals surface area (Å²) in [6, 6.07) is 6.59. The number of rotatable bonds is 8. The molecular weight excluding hydrogens is 292 g/mol. The van der Waals surface area contributed by atoms with E-state index < -0.39 is 5.60 Å². The third-order valence-electron chi connectivity index (χ3n) is 4.20. The molecule has 0 aliphatic rings. The van der Waals surface area contributed by atoms with Crippen molar-refractivity contribution < 1.29 is 14.7 Å². The molecule has 0 aliphatic carbocycles. The minimum Gasteiger partial charge on any atom is -0.388 e. The molecule has 1 aromatic carbocycles. The molecule has 0 fully saturated rings. The van der Waals surface area contributed by atoms with Crippen molar-refractivity contribution in [1.82, 2.24) is 10.6 Å². The monoisotopic (exact) mass is 320 g/mol. The van der Waals surface area contributed by atoms with E-state index in [2.05, 4.69) is 10.6 Å². The molecule has 5 nitrogen and oxygen atoms in total. The van der Waals surface area contributed by atoms with Crippen LogP contribution in [0.25, 0.3) is 0 Å². The Hall–Kier alpha value is -1.88. The molecular formula is C18H28N2O3. The van der Waals surface area contributed by atoms with Crippen LogP contribution in [0.1, 0.15) is 61.3 Å². The predicted octanol–water partition coefficient (Wildman–Crippen LogP) is 2.35. The summed E-state index contributed by atoms with van der Waals surface area (Å²) in [5.41, 5.74) is -0.0885. The van der Waals surface area contributed by atoms with Gasteiger partial charge in [0.05, 0.1) is 5.60 Å². The first-order valence-electron chi connectivity index (χ1n) is 8.20. The molecule has 2 atom stereocenters. The number of hydrogen-bond donors (Lipinski definition) is 3. The lowest BCUT2D eigenvalue weighted by atomic mass is 9.88. The molecule has 1 rings (SSSR count). The summed E-state index contributed by atoms with van der Waals surface area (Å²) in [5.74, 6) is -0.402. The molecule has 3 N–H and O–H groups in total. The quantitative estimate of drug-likeness (QED) is 0.688. The molecule has 0 bridgehead atoms. The van der Waals surface area contributed by atoms with E-state index in [0.717, 1.165) is 12.8 Å². The first-order chi connectivity index (χ1) is 10.8. The minimum atomic E-state index is -0.958. The molecule has 1 aromatic rings. The van der Waals surface area contributed by atoms with Gasteiger partial charge in [-0.3, -0.25) is 9.59 Å². The zero-order valence-electron chi connectivity index (χ0n) is 14.5. The lowest BCUT2D eigenvalue weighted by molar-refractivity contribution is 0.00592. The molecule has 2 unspecified atom stereocenters. The zero-order valence-corrected chi connectivity index (χ0v) is 14.5. The first-order valence-corrected chi connectivity index (χ1v) is 8.20. The fourth-order valence-corrected chi connectivity index (χ4v) is 2.12. The van der Waals surface area contributed by atoms with Gasteiger partial charge in [0.15, 0.2) is 0 Å². The van der Waals surface area contributed by atoms with E-state index in [1.807, 2.05) is 20.8 Å². The maximum absolute atomic E-state index is 12.2. The molecule has 23 heavy (non-hydrogen) atoms. The third-order valence-corrected chi connectivity index (χ3v) is 4.20. The van der Waals surface area contributed by atoms with Crippen molar-refractivity contribution in [2.24, 2.45) is 5.92 Å². The number of carbonyl (C=O) groups is 2. The van der Waals surface area contributed by atoms with Gasteiger partial charge in [0.1, 0.15) is 0 Å². The molecule has 0 aliphatic heterocycles. The van der Waals surface area contributed by atoms with Crippen LogP contribution in [-0.2, 0) is 0 Å². The van der Waals surface area contributed by atoms with Crippen molar-refractivity contribution in [3.8, 4) is 0 Å². The Morgan fingerprint density at radius 2 is 1.74 bits per heavy atom. The van der Waals surface area contributed by atoms with E-state index >= 15 is 0 Å². The highest BCUT2D eigenvalue weighted by molar-refractivity contribution is 5.99. The maximum atomic E-state index is 12.2. The van der Waals surface area contributed by atoms with E-state index in [1.54, 1.807) is 31.2 Å². The van der Waals surface area contributed by atoms with E-state index in [4.69, 9.17) is 0 Å². The zero-order chi connectivity index (χ0) is 17.5. The van der Waals surface area contributed by atoms with E-state index in [-0.39, 0.29) is 24.3 Å². The van der Waals surface area contributed by atoms with Crippen molar-refractivity contribution in [3.63, 3.8) is 0 Å². The topological polar surface area (TPSA) is 78.4 Å². The van der Waals surface area contributed by atoms with Crippen LogP contribution in [0, 0.1) is 5.92 Å². The van der Waals surface area contributed by atoms with Gasteiger partial charge in [0.25, 0.3) is 11.8 Å². The van der Waals surface area contributed by atoms with Crippen LogP contribution in [0.3, 0.4) is 0 Å². The lowest BCUT2D eigenvalue weighted by Gasteiger charge is -2.29. The second-order valence-corrected chi connectivity index (χ2v) is 6.19. The molecule has 0 saturated heterocycles. The van der Waals surface area contributed by atoms with Crippen LogP contribution < -0.4 is 10.6 Å². The third kappa shape index (κ3) is 5.67. The second-order valence-electron chi connectivity index (χ2n) is 6.19. The average Bonchev–Trinajstić information content (AvgIpc) is 2.56. The van der Waals surface area contributed by atoms with E-state index in [0.29, 0.717) is 17.7 Å². The molecule has 0 saturated carbocycles.